The summed E-state index contributed by atoms with van der Waals surface area (Å²) in [5, 5.41) is 0. The number of aryl methyl sites for hydroxylation is 1. The van der Waals surface area contributed by atoms with Gasteiger partial charge in [-0.05, 0) is 48.9 Å². The first-order chi connectivity index (χ1) is 14.6. The Balaban J connectivity index is 1.63. The first kappa shape index (κ1) is 19.5. The largest absolute Gasteiger partial charge is 0.497 e. The average Bonchev–Trinajstić information content (AvgIpc) is 3.15. The molecule has 0 fully saturated rings. The summed E-state index contributed by atoms with van der Waals surface area (Å²) >= 11 is 0. The van der Waals surface area contributed by atoms with Crippen molar-refractivity contribution in [2.45, 2.75) is 13.5 Å². The molecule has 1 heterocycles. The van der Waals surface area contributed by atoms with E-state index in [0.717, 1.165) is 11.1 Å². The minimum absolute atomic E-state index is 0.210. The molecule has 0 saturated heterocycles. The van der Waals surface area contributed by atoms with Gasteiger partial charge >= 0.3 is 5.97 Å². The van der Waals surface area contributed by atoms with E-state index in [2.05, 4.69) is 4.99 Å². The summed E-state index contributed by atoms with van der Waals surface area (Å²) in [5.41, 5.74) is 3.89. The third-order valence-corrected chi connectivity index (χ3v) is 4.67. The summed E-state index contributed by atoms with van der Waals surface area (Å²) in [6.07, 6.45) is 1.66. The molecule has 0 aliphatic carbocycles. The van der Waals surface area contributed by atoms with Gasteiger partial charge in [-0.2, -0.15) is 0 Å². The Morgan fingerprint density at radius 1 is 1.00 bits per heavy atom. The highest BCUT2D eigenvalue weighted by atomic mass is 16.6. The van der Waals surface area contributed by atoms with E-state index in [1.807, 2.05) is 73.7 Å². The van der Waals surface area contributed by atoms with Gasteiger partial charge in [-0.3, -0.25) is 0 Å². The van der Waals surface area contributed by atoms with Crippen molar-refractivity contribution >= 4 is 17.9 Å². The van der Waals surface area contributed by atoms with Gasteiger partial charge in [0, 0.05) is 11.1 Å². The van der Waals surface area contributed by atoms with Gasteiger partial charge < -0.3 is 14.2 Å². The Bertz CT molecular complexity index is 1120. The van der Waals surface area contributed by atoms with Crippen molar-refractivity contribution in [1.29, 1.82) is 0 Å². The highest BCUT2D eigenvalue weighted by Gasteiger charge is 2.24. The molecule has 0 aromatic heterocycles. The maximum absolute atomic E-state index is 12.4. The lowest BCUT2D eigenvalue weighted by Gasteiger charge is -2.11. The molecule has 5 nitrogen and oxygen atoms in total. The Labute approximate surface area is 175 Å². The molecule has 0 unspecified atom stereocenters. The zero-order valence-corrected chi connectivity index (χ0v) is 16.8. The van der Waals surface area contributed by atoms with Crippen LogP contribution in [0.1, 0.15) is 22.3 Å². The fraction of sp³-hybridized carbons (Fsp3) is 0.120. The molecule has 3 aromatic rings. The number of ether oxygens (including phenoxy) is 3. The number of aliphatic imine (C=N–C) groups is 1. The third kappa shape index (κ3) is 4.41. The Hall–Kier alpha value is -3.86. The number of esters is 1. The van der Waals surface area contributed by atoms with Crippen LogP contribution < -0.4 is 9.47 Å². The average molecular weight is 399 g/mol. The van der Waals surface area contributed by atoms with Crippen LogP contribution in [0, 0.1) is 6.92 Å². The highest BCUT2D eigenvalue weighted by molar-refractivity contribution is 6.12. The van der Waals surface area contributed by atoms with Gasteiger partial charge in [0.25, 0.3) is 0 Å². The van der Waals surface area contributed by atoms with Gasteiger partial charge in [0.2, 0.25) is 5.90 Å². The van der Waals surface area contributed by atoms with Crippen molar-refractivity contribution < 1.29 is 19.0 Å². The number of hydrogen-bond acceptors (Lipinski definition) is 5. The van der Waals surface area contributed by atoms with Crippen molar-refractivity contribution in [3.05, 3.63) is 101 Å². The molecule has 3 aromatic carbocycles. The smallest absolute Gasteiger partial charge is 0.363 e. The van der Waals surface area contributed by atoms with Crippen LogP contribution in [0.4, 0.5) is 0 Å². The van der Waals surface area contributed by atoms with Gasteiger partial charge in [0.05, 0.1) is 7.11 Å². The van der Waals surface area contributed by atoms with Crippen molar-refractivity contribution in [3.63, 3.8) is 0 Å². The van der Waals surface area contributed by atoms with Gasteiger partial charge in [-0.15, -0.1) is 0 Å². The maximum Gasteiger partial charge on any atom is 0.363 e. The van der Waals surface area contributed by atoms with Crippen LogP contribution in [0.25, 0.3) is 6.08 Å². The number of carbonyl (C=O) groups is 1. The van der Waals surface area contributed by atoms with E-state index < -0.39 is 5.97 Å². The number of rotatable bonds is 6. The van der Waals surface area contributed by atoms with E-state index in [9.17, 15) is 4.79 Å². The summed E-state index contributed by atoms with van der Waals surface area (Å²) in [4.78, 5) is 16.7. The second-order valence-electron chi connectivity index (χ2n) is 6.88. The lowest BCUT2D eigenvalue weighted by atomic mass is 10.1. The van der Waals surface area contributed by atoms with Crippen LogP contribution in [0.3, 0.4) is 0 Å². The molecule has 150 valence electrons. The fourth-order valence-corrected chi connectivity index (χ4v) is 3.00. The summed E-state index contributed by atoms with van der Waals surface area (Å²) in [6.45, 7) is 2.45. The first-order valence-electron chi connectivity index (χ1n) is 9.57. The second-order valence-corrected chi connectivity index (χ2v) is 6.88. The van der Waals surface area contributed by atoms with Crippen molar-refractivity contribution in [1.82, 2.24) is 0 Å². The Morgan fingerprint density at radius 3 is 2.50 bits per heavy atom. The molecule has 0 N–H and O–H groups in total. The number of benzene rings is 3. The van der Waals surface area contributed by atoms with Gasteiger partial charge in [0.1, 0.15) is 18.1 Å². The maximum atomic E-state index is 12.4. The molecule has 0 atom stereocenters. The normalized spacial score (nSPS) is 14.4. The van der Waals surface area contributed by atoms with Gasteiger partial charge in [0.15, 0.2) is 5.70 Å². The standard InChI is InChI=1S/C25H21NO4/c1-17-8-10-18(11-9-17)16-29-23-13-12-21(28-2)14-20(23)15-22-25(27)30-24(26-22)19-6-4-3-5-7-19/h3-15H,16H2,1-2H3/b22-15+. The van der Waals surface area contributed by atoms with Gasteiger partial charge in [-0.1, -0.05) is 48.0 Å². The molecular formula is C25H21NO4. The Morgan fingerprint density at radius 2 is 1.77 bits per heavy atom. The highest BCUT2D eigenvalue weighted by Crippen LogP contribution is 2.29. The predicted molar refractivity (Wildman–Crippen MR) is 116 cm³/mol. The first-order valence-corrected chi connectivity index (χ1v) is 9.57. The molecule has 5 heteroatoms. The predicted octanol–water partition coefficient (Wildman–Crippen LogP) is 4.93. The summed E-state index contributed by atoms with van der Waals surface area (Å²) < 4.78 is 16.7. The number of hydrogen-bond donors (Lipinski definition) is 0. The number of carbonyl (C=O) groups excluding carboxylic acids is 1. The zero-order valence-electron chi connectivity index (χ0n) is 16.8. The number of cyclic esters (lactones) is 1. The second kappa shape index (κ2) is 8.66. The third-order valence-electron chi connectivity index (χ3n) is 4.67. The quantitative estimate of drug-likeness (QED) is 0.436. The number of nitrogens with zero attached hydrogens (tertiary/aromatic N) is 1. The monoisotopic (exact) mass is 399 g/mol. The number of methoxy groups -OCH3 is 1. The summed E-state index contributed by atoms with van der Waals surface area (Å²) in [6, 6.07) is 22.9. The van der Waals surface area contributed by atoms with Crippen LogP contribution in [-0.4, -0.2) is 19.0 Å². The Kier molecular flexibility index (Phi) is 5.61. The molecule has 0 spiro atoms. The molecule has 0 amide bonds. The molecule has 0 saturated carbocycles. The summed E-state index contributed by atoms with van der Waals surface area (Å²) in [5.74, 6) is 1.07. The van der Waals surface area contributed by atoms with Crippen LogP contribution >= 0.6 is 0 Å². The fourth-order valence-electron chi connectivity index (χ4n) is 3.00. The lowest BCUT2D eigenvalue weighted by molar-refractivity contribution is -0.129. The van der Waals surface area contributed by atoms with Crippen LogP contribution in [0.2, 0.25) is 0 Å². The van der Waals surface area contributed by atoms with E-state index in [0.29, 0.717) is 23.7 Å². The van der Waals surface area contributed by atoms with Crippen LogP contribution in [0.15, 0.2) is 83.5 Å². The van der Waals surface area contributed by atoms with E-state index in [1.165, 1.54) is 5.56 Å². The topological polar surface area (TPSA) is 57.1 Å². The van der Waals surface area contributed by atoms with Crippen molar-refractivity contribution in [2.75, 3.05) is 7.11 Å². The SMILES string of the molecule is COc1ccc(OCc2ccc(C)cc2)c(/C=C2/N=C(c3ccccc3)OC2=O)c1. The minimum atomic E-state index is -0.499. The molecule has 4 rings (SSSR count). The van der Waals surface area contributed by atoms with E-state index in [-0.39, 0.29) is 11.6 Å². The van der Waals surface area contributed by atoms with Crippen LogP contribution in [-0.2, 0) is 16.1 Å². The molecule has 1 aliphatic heterocycles. The van der Waals surface area contributed by atoms with Crippen molar-refractivity contribution in [2.24, 2.45) is 4.99 Å². The van der Waals surface area contributed by atoms with E-state index in [4.69, 9.17) is 14.2 Å². The van der Waals surface area contributed by atoms with Crippen LogP contribution in [0.5, 0.6) is 11.5 Å². The van der Waals surface area contributed by atoms with E-state index in [1.54, 1.807) is 19.3 Å². The van der Waals surface area contributed by atoms with Gasteiger partial charge in [-0.25, -0.2) is 9.79 Å². The molecular weight excluding hydrogens is 378 g/mol. The summed E-state index contributed by atoms with van der Waals surface area (Å²) in [7, 11) is 1.59. The molecule has 1 aliphatic rings. The minimum Gasteiger partial charge on any atom is -0.497 e. The zero-order chi connectivity index (χ0) is 20.9. The van der Waals surface area contributed by atoms with Crippen molar-refractivity contribution in [3.8, 4) is 11.5 Å². The van der Waals surface area contributed by atoms with E-state index >= 15 is 0 Å². The lowest BCUT2D eigenvalue weighted by Crippen LogP contribution is -2.05. The molecule has 30 heavy (non-hydrogen) atoms. The molecule has 0 bridgehead atoms. The molecule has 0 radical (unpaired) electrons.